The number of nitrogens with zero attached hydrogens (tertiary/aromatic N) is 1. The van der Waals surface area contributed by atoms with Crippen LogP contribution in [0.5, 0.6) is 0 Å². The lowest BCUT2D eigenvalue weighted by molar-refractivity contribution is 0.103. The van der Waals surface area contributed by atoms with Crippen LogP contribution in [-0.2, 0) is 10.0 Å². The van der Waals surface area contributed by atoms with Crippen LogP contribution in [0.3, 0.4) is 0 Å². The third-order valence-electron chi connectivity index (χ3n) is 3.04. The average molecular weight is 340 g/mol. The average Bonchev–Trinajstić information content (AvgIpc) is 2.93. The largest absolute Gasteiger partial charge is 0.386 e. The van der Waals surface area contributed by atoms with E-state index in [0.29, 0.717) is 21.9 Å². The van der Waals surface area contributed by atoms with Crippen LogP contribution < -0.4 is 15.4 Å². The highest BCUT2D eigenvalue weighted by molar-refractivity contribution is 7.89. The Morgan fingerprint density at radius 3 is 2.50 bits per heavy atom. The summed E-state index contributed by atoms with van der Waals surface area (Å²) in [6.07, 6.45) is 0. The summed E-state index contributed by atoms with van der Waals surface area (Å²) in [4.78, 5) is 16.9. The maximum atomic E-state index is 12.3. The van der Waals surface area contributed by atoms with Gasteiger partial charge in [-0.3, -0.25) is 4.79 Å². The fourth-order valence-electron chi connectivity index (χ4n) is 1.83. The molecule has 0 fully saturated rings. The van der Waals surface area contributed by atoms with Crippen molar-refractivity contribution in [3.8, 4) is 0 Å². The van der Waals surface area contributed by atoms with E-state index >= 15 is 0 Å². The van der Waals surface area contributed by atoms with Gasteiger partial charge in [0, 0.05) is 7.05 Å². The molecule has 1 aromatic heterocycles. The highest BCUT2D eigenvalue weighted by Crippen LogP contribution is 2.26. The molecule has 0 radical (unpaired) electrons. The Hall–Kier alpha value is -1.97. The van der Waals surface area contributed by atoms with Gasteiger partial charge in [0.1, 0.15) is 4.88 Å². The Labute approximate surface area is 132 Å². The summed E-state index contributed by atoms with van der Waals surface area (Å²) in [5.41, 5.74) is 3.22. The van der Waals surface area contributed by atoms with Gasteiger partial charge in [0.05, 0.1) is 27.5 Å². The first kappa shape index (κ1) is 16.4. The van der Waals surface area contributed by atoms with Crippen LogP contribution in [0, 0.1) is 6.92 Å². The molecule has 0 saturated carbocycles. The van der Waals surface area contributed by atoms with E-state index in [2.05, 4.69) is 20.3 Å². The minimum absolute atomic E-state index is 0.0744. The smallest absolute Gasteiger partial charge is 0.267 e. The lowest BCUT2D eigenvalue weighted by atomic mass is 10.2. The number of hydrogen-bond donors (Lipinski definition) is 3. The minimum atomic E-state index is -3.58. The quantitative estimate of drug-likeness (QED) is 0.768. The van der Waals surface area contributed by atoms with Crippen LogP contribution in [0.4, 0.5) is 11.4 Å². The van der Waals surface area contributed by atoms with Crippen molar-refractivity contribution in [2.45, 2.75) is 11.8 Å². The zero-order valence-corrected chi connectivity index (χ0v) is 13.9. The fraction of sp³-hybridized carbons (Fsp3) is 0.231. The van der Waals surface area contributed by atoms with E-state index in [1.54, 1.807) is 25.5 Å². The second kappa shape index (κ2) is 6.42. The van der Waals surface area contributed by atoms with Crippen molar-refractivity contribution >= 4 is 38.6 Å². The third-order valence-corrected chi connectivity index (χ3v) is 5.38. The molecule has 22 heavy (non-hydrogen) atoms. The molecule has 0 bridgehead atoms. The van der Waals surface area contributed by atoms with Crippen LogP contribution in [0.25, 0.3) is 0 Å². The Morgan fingerprint density at radius 2 is 1.95 bits per heavy atom. The first-order valence-corrected chi connectivity index (χ1v) is 8.72. The molecule has 7 nitrogen and oxygen atoms in total. The maximum absolute atomic E-state index is 12.3. The van der Waals surface area contributed by atoms with Crippen molar-refractivity contribution in [1.82, 2.24) is 9.71 Å². The molecule has 0 spiro atoms. The molecule has 1 amide bonds. The predicted molar refractivity (Wildman–Crippen MR) is 87.0 cm³/mol. The molecule has 9 heteroatoms. The number of benzene rings is 1. The molecule has 1 heterocycles. The van der Waals surface area contributed by atoms with E-state index < -0.39 is 10.0 Å². The van der Waals surface area contributed by atoms with E-state index in [-0.39, 0.29) is 10.8 Å². The minimum Gasteiger partial charge on any atom is -0.386 e. The molecule has 0 aliphatic carbocycles. The fourth-order valence-corrected chi connectivity index (χ4v) is 3.28. The van der Waals surface area contributed by atoms with Gasteiger partial charge in [-0.2, -0.15) is 0 Å². The van der Waals surface area contributed by atoms with Crippen LogP contribution in [-0.4, -0.2) is 33.4 Å². The van der Waals surface area contributed by atoms with E-state index in [1.807, 2.05) is 0 Å². The first-order chi connectivity index (χ1) is 10.4. The Bertz CT molecular complexity index is 799. The van der Waals surface area contributed by atoms with Gasteiger partial charge in [-0.05, 0) is 32.2 Å². The van der Waals surface area contributed by atoms with Gasteiger partial charge in [0.15, 0.2) is 0 Å². The van der Waals surface area contributed by atoms with Crippen molar-refractivity contribution in [1.29, 1.82) is 0 Å². The summed E-state index contributed by atoms with van der Waals surface area (Å²) in [5, 5.41) is 5.63. The topological polar surface area (TPSA) is 100 Å². The zero-order chi connectivity index (χ0) is 16.3. The molecule has 2 rings (SSSR count). The Morgan fingerprint density at radius 1 is 1.23 bits per heavy atom. The number of hydrogen-bond acceptors (Lipinski definition) is 6. The van der Waals surface area contributed by atoms with Gasteiger partial charge in [-0.1, -0.05) is 0 Å². The molecule has 118 valence electrons. The standard InChI is InChI=1S/C13H16N4O3S2/c1-8-12(21-7-16-8)13(18)17-11-6-9(22(19,20)15-3)4-5-10(11)14-2/h4-7,14-15H,1-3H3,(H,17,18). The number of rotatable bonds is 5. The van der Waals surface area contributed by atoms with Gasteiger partial charge in [0.2, 0.25) is 10.0 Å². The summed E-state index contributed by atoms with van der Waals surface area (Å²) in [7, 11) is -0.559. The van der Waals surface area contributed by atoms with Gasteiger partial charge in [-0.15, -0.1) is 11.3 Å². The van der Waals surface area contributed by atoms with Crippen LogP contribution >= 0.6 is 11.3 Å². The maximum Gasteiger partial charge on any atom is 0.267 e. The van der Waals surface area contributed by atoms with Crippen LogP contribution in [0.2, 0.25) is 0 Å². The molecule has 2 aromatic rings. The molecule has 1 aromatic carbocycles. The molecule has 0 atom stereocenters. The van der Waals surface area contributed by atoms with Crippen LogP contribution in [0.1, 0.15) is 15.4 Å². The van der Waals surface area contributed by atoms with E-state index in [9.17, 15) is 13.2 Å². The van der Waals surface area contributed by atoms with E-state index in [0.717, 1.165) is 0 Å². The van der Waals surface area contributed by atoms with Gasteiger partial charge in [-0.25, -0.2) is 18.1 Å². The molecule has 0 aliphatic rings. The van der Waals surface area contributed by atoms with Gasteiger partial charge in [0.25, 0.3) is 5.91 Å². The highest BCUT2D eigenvalue weighted by Gasteiger charge is 2.17. The number of carbonyl (C=O) groups excluding carboxylic acids is 1. The molecule has 0 aliphatic heterocycles. The number of thiazole rings is 1. The lowest BCUT2D eigenvalue weighted by Gasteiger charge is -2.12. The molecule has 0 saturated heterocycles. The van der Waals surface area contributed by atoms with Gasteiger partial charge >= 0.3 is 0 Å². The summed E-state index contributed by atoms with van der Waals surface area (Å²) >= 11 is 1.23. The van der Waals surface area contributed by atoms with Crippen LogP contribution in [0.15, 0.2) is 28.6 Å². The zero-order valence-electron chi connectivity index (χ0n) is 12.3. The molecule has 3 N–H and O–H groups in total. The monoisotopic (exact) mass is 340 g/mol. The number of nitrogens with one attached hydrogen (secondary N) is 3. The number of anilines is 2. The summed E-state index contributed by atoms with van der Waals surface area (Å²) in [5.74, 6) is -0.324. The summed E-state index contributed by atoms with van der Waals surface area (Å²) in [6, 6.07) is 4.47. The number of aromatic nitrogens is 1. The second-order valence-electron chi connectivity index (χ2n) is 4.39. The molecule has 0 unspecified atom stereocenters. The van der Waals surface area contributed by atoms with Gasteiger partial charge < -0.3 is 10.6 Å². The lowest BCUT2D eigenvalue weighted by Crippen LogP contribution is -2.19. The molecular formula is C13H16N4O3S2. The number of aryl methyl sites for hydroxylation is 1. The highest BCUT2D eigenvalue weighted by atomic mass is 32.2. The Kier molecular flexibility index (Phi) is 4.79. The van der Waals surface area contributed by atoms with Crippen molar-refractivity contribution < 1.29 is 13.2 Å². The summed E-state index contributed by atoms with van der Waals surface area (Å²) < 4.78 is 26.0. The van der Waals surface area contributed by atoms with E-state index in [1.165, 1.54) is 30.5 Å². The van der Waals surface area contributed by atoms with E-state index in [4.69, 9.17) is 0 Å². The second-order valence-corrected chi connectivity index (χ2v) is 7.13. The van der Waals surface area contributed by atoms with Crippen molar-refractivity contribution in [3.63, 3.8) is 0 Å². The van der Waals surface area contributed by atoms with Crippen molar-refractivity contribution in [3.05, 3.63) is 34.3 Å². The Balaban J connectivity index is 2.39. The molecular weight excluding hydrogens is 324 g/mol. The normalized spacial score (nSPS) is 11.2. The SMILES string of the molecule is CNc1ccc(S(=O)(=O)NC)cc1NC(=O)c1scnc1C. The predicted octanol–water partition coefficient (Wildman–Crippen LogP) is 1.65. The first-order valence-electron chi connectivity index (χ1n) is 6.36. The van der Waals surface area contributed by atoms with Crippen molar-refractivity contribution in [2.24, 2.45) is 0 Å². The number of amides is 1. The summed E-state index contributed by atoms with van der Waals surface area (Å²) in [6.45, 7) is 1.74. The van der Waals surface area contributed by atoms with Crippen molar-refractivity contribution in [2.75, 3.05) is 24.7 Å². The number of carbonyl (C=O) groups is 1. The number of sulfonamides is 1. The third kappa shape index (κ3) is 3.26.